The quantitative estimate of drug-likeness (QED) is 0.786. The van der Waals surface area contributed by atoms with Crippen molar-refractivity contribution in [1.82, 2.24) is 0 Å². The van der Waals surface area contributed by atoms with Crippen LogP contribution in [0.1, 0.15) is 23.7 Å². The minimum Gasteiger partial charge on any atom is -0.455 e. The van der Waals surface area contributed by atoms with Gasteiger partial charge in [0.25, 0.3) is 11.8 Å². The lowest BCUT2D eigenvalue weighted by atomic mass is 10.3. The van der Waals surface area contributed by atoms with Crippen molar-refractivity contribution < 1.29 is 19.1 Å². The highest BCUT2D eigenvalue weighted by molar-refractivity contribution is 7.14. The second-order valence-corrected chi connectivity index (χ2v) is 5.42. The number of rotatable bonds is 5. The predicted octanol–water partition coefficient (Wildman–Crippen LogP) is 0.985. The molecule has 0 aromatic carbocycles. The first-order chi connectivity index (χ1) is 8.99. The van der Waals surface area contributed by atoms with Gasteiger partial charge in [-0.25, -0.2) is 0 Å². The summed E-state index contributed by atoms with van der Waals surface area (Å²) in [5, 5.41) is 4.51. The monoisotopic (exact) mass is 282 g/mol. The van der Waals surface area contributed by atoms with Crippen LogP contribution in [-0.2, 0) is 14.3 Å². The van der Waals surface area contributed by atoms with E-state index < -0.39 is 11.8 Å². The first kappa shape index (κ1) is 13.5. The average molecular weight is 282 g/mol. The van der Waals surface area contributed by atoms with Gasteiger partial charge in [-0.15, -0.1) is 11.3 Å². The third-order valence-electron chi connectivity index (χ3n) is 2.94. The highest BCUT2D eigenvalue weighted by Crippen LogP contribution is 2.38. The van der Waals surface area contributed by atoms with Gasteiger partial charge in [0.15, 0.2) is 6.61 Å². The van der Waals surface area contributed by atoms with Gasteiger partial charge in [0.05, 0.1) is 11.5 Å². The van der Waals surface area contributed by atoms with E-state index in [1.165, 1.54) is 17.4 Å². The van der Waals surface area contributed by atoms with E-state index in [1.54, 1.807) is 5.38 Å². The van der Waals surface area contributed by atoms with Crippen LogP contribution in [0.2, 0.25) is 0 Å². The SMILES string of the molecule is C[C@@H]1C[C@@H]1C(=O)OCC(=O)Nc1sccc1C(N)=O. The average Bonchev–Trinajstić information content (AvgIpc) is 2.89. The molecule has 7 heteroatoms. The van der Waals surface area contributed by atoms with Gasteiger partial charge in [0.1, 0.15) is 5.00 Å². The summed E-state index contributed by atoms with van der Waals surface area (Å²) in [6.45, 7) is 1.61. The van der Waals surface area contributed by atoms with Crippen LogP contribution >= 0.6 is 11.3 Å². The second-order valence-electron chi connectivity index (χ2n) is 4.50. The summed E-state index contributed by atoms with van der Waals surface area (Å²) >= 11 is 1.19. The Kier molecular flexibility index (Phi) is 3.84. The molecule has 19 heavy (non-hydrogen) atoms. The molecule has 1 heterocycles. The first-order valence-electron chi connectivity index (χ1n) is 5.83. The molecule has 1 aliphatic carbocycles. The summed E-state index contributed by atoms with van der Waals surface area (Å²) in [7, 11) is 0. The molecular weight excluding hydrogens is 268 g/mol. The number of thiophene rings is 1. The molecule has 2 rings (SSSR count). The molecule has 1 saturated carbocycles. The molecular formula is C12H14N2O4S. The van der Waals surface area contributed by atoms with Crippen LogP contribution in [0.3, 0.4) is 0 Å². The molecule has 1 aromatic heterocycles. The van der Waals surface area contributed by atoms with E-state index in [0.29, 0.717) is 10.9 Å². The van der Waals surface area contributed by atoms with Crippen molar-refractivity contribution in [2.24, 2.45) is 17.6 Å². The molecule has 1 fully saturated rings. The standard InChI is InChI=1S/C12H14N2O4S/c1-6-4-8(6)12(17)18-5-9(15)14-11-7(10(13)16)2-3-19-11/h2-3,6,8H,4-5H2,1H3,(H2,13,16)(H,14,15)/t6-,8+/m1/s1. The van der Waals surface area contributed by atoms with Gasteiger partial charge in [-0.1, -0.05) is 6.92 Å². The highest BCUT2D eigenvalue weighted by atomic mass is 32.1. The van der Waals surface area contributed by atoms with Crippen LogP contribution in [0, 0.1) is 11.8 Å². The molecule has 0 aliphatic heterocycles. The van der Waals surface area contributed by atoms with Crippen molar-refractivity contribution in [3.8, 4) is 0 Å². The summed E-state index contributed by atoms with van der Waals surface area (Å²) in [6, 6.07) is 1.53. The Morgan fingerprint density at radius 3 is 2.79 bits per heavy atom. The van der Waals surface area contributed by atoms with E-state index in [9.17, 15) is 14.4 Å². The van der Waals surface area contributed by atoms with E-state index >= 15 is 0 Å². The van der Waals surface area contributed by atoms with Crippen LogP contribution in [-0.4, -0.2) is 24.4 Å². The predicted molar refractivity (Wildman–Crippen MR) is 69.7 cm³/mol. The molecule has 1 aromatic rings. The smallest absolute Gasteiger partial charge is 0.309 e. The zero-order chi connectivity index (χ0) is 14.0. The number of nitrogens with two attached hydrogens (primary N) is 1. The number of carbonyl (C=O) groups is 3. The number of esters is 1. The molecule has 0 spiro atoms. The van der Waals surface area contributed by atoms with E-state index in [2.05, 4.69) is 5.32 Å². The molecule has 0 saturated heterocycles. The van der Waals surface area contributed by atoms with Crippen LogP contribution < -0.4 is 11.1 Å². The van der Waals surface area contributed by atoms with Crippen LogP contribution in [0.15, 0.2) is 11.4 Å². The molecule has 0 unspecified atom stereocenters. The third-order valence-corrected chi connectivity index (χ3v) is 3.77. The van der Waals surface area contributed by atoms with Gasteiger partial charge in [-0.2, -0.15) is 0 Å². The summed E-state index contributed by atoms with van der Waals surface area (Å²) < 4.78 is 4.88. The summed E-state index contributed by atoms with van der Waals surface area (Å²) in [5.74, 6) is -1.17. The maximum Gasteiger partial charge on any atom is 0.309 e. The normalized spacial score (nSPS) is 20.7. The maximum absolute atomic E-state index is 11.6. The maximum atomic E-state index is 11.6. The fraction of sp³-hybridized carbons (Fsp3) is 0.417. The molecule has 2 amide bonds. The molecule has 0 bridgehead atoms. The Labute approximate surface area is 113 Å². The van der Waals surface area contributed by atoms with E-state index in [1.807, 2.05) is 6.92 Å². The topological polar surface area (TPSA) is 98.5 Å². The van der Waals surface area contributed by atoms with Crippen molar-refractivity contribution in [2.45, 2.75) is 13.3 Å². The molecule has 1 aliphatic rings. The lowest BCUT2D eigenvalue weighted by molar-refractivity contribution is -0.148. The van der Waals surface area contributed by atoms with Crippen molar-refractivity contribution in [2.75, 3.05) is 11.9 Å². The zero-order valence-electron chi connectivity index (χ0n) is 10.3. The van der Waals surface area contributed by atoms with Crippen molar-refractivity contribution >= 4 is 34.1 Å². The van der Waals surface area contributed by atoms with Gasteiger partial charge in [-0.05, 0) is 23.8 Å². The molecule has 0 radical (unpaired) electrons. The van der Waals surface area contributed by atoms with Gasteiger partial charge in [-0.3, -0.25) is 14.4 Å². The number of nitrogens with one attached hydrogen (secondary N) is 1. The third kappa shape index (κ3) is 3.31. The Morgan fingerprint density at radius 1 is 1.53 bits per heavy atom. The lowest BCUT2D eigenvalue weighted by Crippen LogP contribution is -2.22. The fourth-order valence-electron chi connectivity index (χ4n) is 1.66. The number of primary amides is 1. The van der Waals surface area contributed by atoms with Crippen LogP contribution in [0.4, 0.5) is 5.00 Å². The molecule has 3 N–H and O–H groups in total. The number of amides is 2. The van der Waals surface area contributed by atoms with Crippen molar-refractivity contribution in [3.63, 3.8) is 0 Å². The Bertz CT molecular complexity index is 526. The lowest BCUT2D eigenvalue weighted by Gasteiger charge is -2.05. The van der Waals surface area contributed by atoms with Crippen LogP contribution in [0.5, 0.6) is 0 Å². The Hall–Kier alpha value is -1.89. The van der Waals surface area contributed by atoms with Crippen molar-refractivity contribution in [1.29, 1.82) is 0 Å². The zero-order valence-corrected chi connectivity index (χ0v) is 11.2. The van der Waals surface area contributed by atoms with Gasteiger partial charge < -0.3 is 15.8 Å². The minimum absolute atomic E-state index is 0.0734. The summed E-state index contributed by atoms with van der Waals surface area (Å²) in [4.78, 5) is 34.1. The van der Waals surface area contributed by atoms with Gasteiger partial charge in [0.2, 0.25) is 0 Å². The first-order valence-corrected chi connectivity index (χ1v) is 6.70. The summed E-state index contributed by atoms with van der Waals surface area (Å²) in [5.41, 5.74) is 5.40. The number of anilines is 1. The van der Waals surface area contributed by atoms with Crippen LogP contribution in [0.25, 0.3) is 0 Å². The molecule has 102 valence electrons. The van der Waals surface area contributed by atoms with E-state index in [0.717, 1.165) is 6.42 Å². The van der Waals surface area contributed by atoms with Gasteiger partial charge >= 0.3 is 5.97 Å². The van der Waals surface area contributed by atoms with Crippen molar-refractivity contribution in [3.05, 3.63) is 17.0 Å². The molecule has 6 nitrogen and oxygen atoms in total. The number of hydrogen-bond acceptors (Lipinski definition) is 5. The number of hydrogen-bond donors (Lipinski definition) is 2. The number of carbonyl (C=O) groups excluding carboxylic acids is 3. The largest absolute Gasteiger partial charge is 0.455 e. The minimum atomic E-state index is -0.611. The second kappa shape index (κ2) is 5.40. The molecule has 2 atom stereocenters. The Morgan fingerprint density at radius 2 is 2.21 bits per heavy atom. The van der Waals surface area contributed by atoms with E-state index in [-0.39, 0.29) is 24.1 Å². The van der Waals surface area contributed by atoms with E-state index in [4.69, 9.17) is 10.5 Å². The number of ether oxygens (including phenoxy) is 1. The highest BCUT2D eigenvalue weighted by Gasteiger charge is 2.40. The fourth-order valence-corrected chi connectivity index (χ4v) is 2.47. The Balaban J connectivity index is 1.82. The van der Waals surface area contributed by atoms with Gasteiger partial charge in [0, 0.05) is 0 Å². The summed E-state index contributed by atoms with van der Waals surface area (Å²) in [6.07, 6.45) is 0.817.